The first-order valence-corrected chi connectivity index (χ1v) is 9.93. The smallest absolute Gasteiger partial charge is 0.309 e. The molecule has 0 aliphatic heterocycles. The minimum Gasteiger partial charge on any atom is -0.497 e. The molecule has 1 fully saturated rings. The van der Waals surface area contributed by atoms with E-state index < -0.39 is 0 Å². The molecule has 0 spiro atoms. The monoisotopic (exact) mass is 401 g/mol. The normalized spacial score (nSPS) is 20.8. The predicted octanol–water partition coefficient (Wildman–Crippen LogP) is 2.95. The molecule has 0 bridgehead atoms. The van der Waals surface area contributed by atoms with E-state index >= 15 is 0 Å². The zero-order valence-corrected chi connectivity index (χ0v) is 18.1. The number of methoxy groups -OCH3 is 2. The van der Waals surface area contributed by atoms with Gasteiger partial charge in [0, 0.05) is 32.1 Å². The van der Waals surface area contributed by atoms with E-state index in [-0.39, 0.29) is 29.3 Å². The van der Waals surface area contributed by atoms with Crippen molar-refractivity contribution in [1.82, 2.24) is 14.9 Å². The lowest BCUT2D eigenvalue weighted by Crippen LogP contribution is -2.28. The van der Waals surface area contributed by atoms with Gasteiger partial charge in [-0.2, -0.15) is 0 Å². The number of imidazole rings is 1. The summed E-state index contributed by atoms with van der Waals surface area (Å²) in [6.07, 6.45) is 3.70. The molecular formula is C22H31N3O4. The fraction of sp³-hybridized carbons (Fsp3) is 0.545. The Morgan fingerprint density at radius 3 is 2.41 bits per heavy atom. The number of nitrogens with zero attached hydrogens (tertiary/aromatic N) is 2. The third-order valence-corrected chi connectivity index (χ3v) is 5.96. The van der Waals surface area contributed by atoms with Crippen LogP contribution in [-0.4, -0.2) is 42.9 Å². The summed E-state index contributed by atoms with van der Waals surface area (Å²) in [5, 5.41) is 3.62. The van der Waals surface area contributed by atoms with Crippen LogP contribution in [0.25, 0.3) is 0 Å². The van der Waals surface area contributed by atoms with Gasteiger partial charge in [-0.3, -0.25) is 4.79 Å². The largest absolute Gasteiger partial charge is 0.497 e. The van der Waals surface area contributed by atoms with Crippen molar-refractivity contribution in [2.24, 2.45) is 24.3 Å². The van der Waals surface area contributed by atoms with Crippen molar-refractivity contribution in [2.75, 3.05) is 27.4 Å². The van der Waals surface area contributed by atoms with Crippen molar-refractivity contribution >= 4 is 5.97 Å². The number of carbonyl (C=O) groups is 1. The van der Waals surface area contributed by atoms with Crippen LogP contribution in [0.15, 0.2) is 30.6 Å². The minimum absolute atomic E-state index is 0.0858. The van der Waals surface area contributed by atoms with E-state index in [4.69, 9.17) is 14.2 Å². The number of aryl methyl sites for hydroxylation is 1. The van der Waals surface area contributed by atoms with E-state index in [1.807, 2.05) is 42.9 Å². The van der Waals surface area contributed by atoms with E-state index in [9.17, 15) is 4.79 Å². The van der Waals surface area contributed by atoms with E-state index in [2.05, 4.69) is 24.1 Å². The zero-order valence-electron chi connectivity index (χ0n) is 18.1. The standard InChI is InChI=1S/C22H31N3O4/c1-7-29-21(26)18-17(22(18,2)3)13-24-19(20-23-8-9-25(20)4)14-10-15(27-5)12-16(11-14)28-6/h8-12,17-19,24H,7,13H2,1-6H3/t17-,18-,19+/m0/s1. The molecule has 1 aliphatic carbocycles. The first-order chi connectivity index (χ1) is 13.8. The maximum atomic E-state index is 12.3. The summed E-state index contributed by atoms with van der Waals surface area (Å²) in [5.41, 5.74) is 0.902. The van der Waals surface area contributed by atoms with Crippen molar-refractivity contribution in [1.29, 1.82) is 0 Å². The summed E-state index contributed by atoms with van der Waals surface area (Å²) in [5.74, 6) is 2.33. The maximum absolute atomic E-state index is 12.3. The molecule has 7 nitrogen and oxygen atoms in total. The molecule has 1 aromatic heterocycles. The Bertz CT molecular complexity index is 839. The van der Waals surface area contributed by atoms with Crippen molar-refractivity contribution in [3.63, 3.8) is 0 Å². The van der Waals surface area contributed by atoms with E-state index in [1.54, 1.807) is 20.4 Å². The first kappa shape index (κ1) is 21.2. The van der Waals surface area contributed by atoms with Crippen molar-refractivity contribution in [2.45, 2.75) is 26.8 Å². The van der Waals surface area contributed by atoms with Crippen molar-refractivity contribution in [3.8, 4) is 11.5 Å². The molecule has 29 heavy (non-hydrogen) atoms. The van der Waals surface area contributed by atoms with E-state index in [1.165, 1.54) is 0 Å². The molecule has 158 valence electrons. The number of benzene rings is 1. The van der Waals surface area contributed by atoms with Crippen LogP contribution in [0.1, 0.15) is 38.2 Å². The van der Waals surface area contributed by atoms with E-state index in [0.29, 0.717) is 13.2 Å². The second-order valence-corrected chi connectivity index (χ2v) is 8.04. The Morgan fingerprint density at radius 1 is 1.24 bits per heavy atom. The molecule has 1 aliphatic rings. The van der Waals surface area contributed by atoms with Gasteiger partial charge >= 0.3 is 5.97 Å². The average molecular weight is 402 g/mol. The molecule has 1 N–H and O–H groups in total. The second-order valence-electron chi connectivity index (χ2n) is 8.04. The van der Waals surface area contributed by atoms with Gasteiger partial charge in [0.25, 0.3) is 0 Å². The van der Waals surface area contributed by atoms with Gasteiger partial charge < -0.3 is 24.1 Å². The lowest BCUT2D eigenvalue weighted by molar-refractivity contribution is -0.145. The Balaban J connectivity index is 1.85. The third-order valence-electron chi connectivity index (χ3n) is 5.96. The molecule has 0 amide bonds. The molecule has 7 heteroatoms. The van der Waals surface area contributed by atoms with Crippen LogP contribution in [0.5, 0.6) is 11.5 Å². The minimum atomic E-state index is -0.168. The number of esters is 1. The number of hydrogen-bond donors (Lipinski definition) is 1. The SMILES string of the molecule is CCOC(=O)[C@@H]1[C@H](CN[C@H](c2cc(OC)cc(OC)c2)c2nccn2C)C1(C)C. The molecule has 2 aromatic rings. The molecular weight excluding hydrogens is 370 g/mol. The molecule has 0 radical (unpaired) electrons. The topological polar surface area (TPSA) is 74.6 Å². The molecule has 3 rings (SSSR count). The summed E-state index contributed by atoms with van der Waals surface area (Å²) >= 11 is 0. The average Bonchev–Trinajstić information content (AvgIpc) is 3.00. The van der Waals surface area contributed by atoms with Crippen LogP contribution >= 0.6 is 0 Å². The van der Waals surface area contributed by atoms with Gasteiger partial charge in [0.05, 0.1) is 32.8 Å². The van der Waals surface area contributed by atoms with Gasteiger partial charge in [0.2, 0.25) is 0 Å². The molecule has 3 atom stereocenters. The fourth-order valence-electron chi connectivity index (χ4n) is 4.08. The number of aromatic nitrogens is 2. The van der Waals surface area contributed by atoms with Crippen LogP contribution in [0, 0.1) is 17.3 Å². The van der Waals surface area contributed by atoms with Gasteiger partial charge in [-0.15, -0.1) is 0 Å². The van der Waals surface area contributed by atoms with Gasteiger partial charge in [0.15, 0.2) is 0 Å². The molecule has 1 heterocycles. The summed E-state index contributed by atoms with van der Waals surface area (Å²) in [6.45, 7) is 7.16. The Labute approximate surface area is 172 Å². The fourth-order valence-corrected chi connectivity index (χ4v) is 4.08. The number of rotatable bonds is 9. The Hall–Kier alpha value is -2.54. The zero-order chi connectivity index (χ0) is 21.2. The van der Waals surface area contributed by atoms with Crippen LogP contribution in [0.4, 0.5) is 0 Å². The lowest BCUT2D eigenvalue weighted by atomic mass is 10.0. The lowest BCUT2D eigenvalue weighted by Gasteiger charge is -2.21. The second kappa shape index (κ2) is 8.45. The highest BCUT2D eigenvalue weighted by Crippen LogP contribution is 2.58. The van der Waals surface area contributed by atoms with E-state index in [0.717, 1.165) is 22.9 Å². The Kier molecular flexibility index (Phi) is 6.17. The highest BCUT2D eigenvalue weighted by atomic mass is 16.5. The third kappa shape index (κ3) is 4.24. The van der Waals surface area contributed by atoms with Gasteiger partial charge in [-0.05, 0) is 36.0 Å². The first-order valence-electron chi connectivity index (χ1n) is 9.93. The highest BCUT2D eigenvalue weighted by Gasteiger charge is 2.62. The number of hydrogen-bond acceptors (Lipinski definition) is 6. The molecule has 1 aromatic carbocycles. The molecule has 0 saturated heterocycles. The highest BCUT2D eigenvalue weighted by molar-refractivity contribution is 5.77. The van der Waals surface area contributed by atoms with Crippen molar-refractivity contribution < 1.29 is 19.0 Å². The summed E-state index contributed by atoms with van der Waals surface area (Å²) < 4.78 is 18.1. The van der Waals surface area contributed by atoms with Gasteiger partial charge in [-0.1, -0.05) is 13.8 Å². The molecule has 1 saturated carbocycles. The summed E-state index contributed by atoms with van der Waals surface area (Å²) in [4.78, 5) is 16.8. The van der Waals surface area contributed by atoms with Crippen LogP contribution < -0.4 is 14.8 Å². The number of carbonyl (C=O) groups excluding carboxylic acids is 1. The predicted molar refractivity (Wildman–Crippen MR) is 110 cm³/mol. The van der Waals surface area contributed by atoms with Crippen molar-refractivity contribution in [3.05, 3.63) is 42.0 Å². The molecule has 0 unspecified atom stereocenters. The summed E-state index contributed by atoms with van der Waals surface area (Å²) in [6, 6.07) is 5.64. The summed E-state index contributed by atoms with van der Waals surface area (Å²) in [7, 11) is 5.24. The number of ether oxygens (including phenoxy) is 3. The van der Waals surface area contributed by atoms with Gasteiger partial charge in [0.1, 0.15) is 17.3 Å². The van der Waals surface area contributed by atoms with Crippen LogP contribution in [0.3, 0.4) is 0 Å². The Morgan fingerprint density at radius 2 is 1.90 bits per heavy atom. The van der Waals surface area contributed by atoms with Crippen LogP contribution in [-0.2, 0) is 16.6 Å². The quantitative estimate of drug-likeness (QED) is 0.651. The van der Waals surface area contributed by atoms with Crippen LogP contribution in [0.2, 0.25) is 0 Å². The number of nitrogens with one attached hydrogen (secondary N) is 1. The maximum Gasteiger partial charge on any atom is 0.309 e. The van der Waals surface area contributed by atoms with Gasteiger partial charge in [-0.25, -0.2) is 4.98 Å².